The molecular formula is C69H108O6. The minimum Gasteiger partial charge on any atom is -0.462 e. The number of hydrogen-bond donors (Lipinski definition) is 0. The van der Waals surface area contributed by atoms with Gasteiger partial charge in [0.05, 0.1) is 0 Å². The Hall–Kier alpha value is -4.97. The zero-order chi connectivity index (χ0) is 54.3. The van der Waals surface area contributed by atoms with E-state index < -0.39 is 12.1 Å². The van der Waals surface area contributed by atoms with Crippen molar-refractivity contribution in [2.24, 2.45) is 0 Å². The van der Waals surface area contributed by atoms with Crippen LogP contribution >= 0.6 is 0 Å². The second kappa shape index (κ2) is 61.6. The van der Waals surface area contributed by atoms with E-state index in [1.807, 2.05) is 12.2 Å². The maximum absolute atomic E-state index is 12.8. The van der Waals surface area contributed by atoms with Gasteiger partial charge in [-0.1, -0.05) is 269 Å². The number of allylic oxidation sites excluding steroid dienone is 26. The molecule has 0 saturated heterocycles. The smallest absolute Gasteiger partial charge is 0.306 e. The van der Waals surface area contributed by atoms with Crippen molar-refractivity contribution in [1.29, 1.82) is 0 Å². The summed E-state index contributed by atoms with van der Waals surface area (Å²) in [5, 5.41) is 0. The first-order valence-corrected chi connectivity index (χ1v) is 30.0. The fraction of sp³-hybridized carbons (Fsp3) is 0.580. The molecule has 0 rings (SSSR count). The summed E-state index contributed by atoms with van der Waals surface area (Å²) >= 11 is 0. The number of ether oxygens (including phenoxy) is 3. The molecule has 0 N–H and O–H groups in total. The fourth-order valence-electron chi connectivity index (χ4n) is 7.63. The van der Waals surface area contributed by atoms with Crippen molar-refractivity contribution in [2.45, 2.75) is 245 Å². The van der Waals surface area contributed by atoms with Gasteiger partial charge < -0.3 is 14.2 Å². The van der Waals surface area contributed by atoms with Crippen LogP contribution in [0.4, 0.5) is 0 Å². The minimum absolute atomic E-state index is 0.131. The van der Waals surface area contributed by atoms with Crippen LogP contribution in [-0.2, 0) is 28.6 Å². The van der Waals surface area contributed by atoms with Crippen LogP contribution in [0, 0.1) is 0 Å². The first-order valence-electron chi connectivity index (χ1n) is 30.0. The van der Waals surface area contributed by atoms with Gasteiger partial charge in [0.1, 0.15) is 13.2 Å². The average Bonchev–Trinajstić information content (AvgIpc) is 3.41. The van der Waals surface area contributed by atoms with Gasteiger partial charge in [0, 0.05) is 19.3 Å². The van der Waals surface area contributed by atoms with E-state index in [4.69, 9.17) is 14.2 Å². The van der Waals surface area contributed by atoms with Crippen LogP contribution in [0.25, 0.3) is 0 Å². The lowest BCUT2D eigenvalue weighted by Crippen LogP contribution is -2.30. The molecule has 0 bridgehead atoms. The molecule has 0 saturated carbocycles. The van der Waals surface area contributed by atoms with Crippen LogP contribution in [0.15, 0.2) is 158 Å². The zero-order valence-electron chi connectivity index (χ0n) is 48.0. The summed E-state index contributed by atoms with van der Waals surface area (Å²) in [4.78, 5) is 38.2. The Kier molecular flexibility index (Phi) is 57.5. The quantitative estimate of drug-likeness (QED) is 0.0261. The van der Waals surface area contributed by atoms with E-state index in [1.54, 1.807) is 0 Å². The number of carbonyl (C=O) groups is 3. The van der Waals surface area contributed by atoms with Crippen LogP contribution in [0.2, 0.25) is 0 Å². The third-order valence-corrected chi connectivity index (χ3v) is 12.0. The van der Waals surface area contributed by atoms with Gasteiger partial charge in [0.25, 0.3) is 0 Å². The van der Waals surface area contributed by atoms with Gasteiger partial charge in [-0.05, 0) is 109 Å². The number of rotatable bonds is 52. The molecule has 0 aliphatic carbocycles. The van der Waals surface area contributed by atoms with Crippen LogP contribution < -0.4 is 0 Å². The van der Waals surface area contributed by atoms with E-state index in [0.29, 0.717) is 19.3 Å². The summed E-state index contributed by atoms with van der Waals surface area (Å²) in [7, 11) is 0. The van der Waals surface area contributed by atoms with E-state index >= 15 is 0 Å². The number of esters is 3. The summed E-state index contributed by atoms with van der Waals surface area (Å²) in [6.07, 6.45) is 89.7. The molecule has 6 heteroatoms. The lowest BCUT2D eigenvalue weighted by atomic mass is 10.0. The molecular weight excluding hydrogens is 925 g/mol. The lowest BCUT2D eigenvalue weighted by Gasteiger charge is -2.18. The van der Waals surface area contributed by atoms with E-state index in [0.717, 1.165) is 109 Å². The molecule has 420 valence electrons. The predicted molar refractivity (Wildman–Crippen MR) is 325 cm³/mol. The number of carbonyl (C=O) groups excluding carboxylic acids is 3. The number of hydrogen-bond acceptors (Lipinski definition) is 6. The van der Waals surface area contributed by atoms with E-state index in [-0.39, 0.29) is 38.0 Å². The van der Waals surface area contributed by atoms with Gasteiger partial charge in [0.15, 0.2) is 6.10 Å². The maximum atomic E-state index is 12.8. The molecule has 0 amide bonds. The molecule has 0 radical (unpaired) electrons. The largest absolute Gasteiger partial charge is 0.462 e. The Morgan fingerprint density at radius 3 is 0.867 bits per heavy atom. The fourth-order valence-corrected chi connectivity index (χ4v) is 7.63. The molecule has 1 unspecified atom stereocenters. The highest BCUT2D eigenvalue weighted by Gasteiger charge is 2.19. The molecule has 0 aromatic heterocycles. The second-order valence-electron chi connectivity index (χ2n) is 19.1. The van der Waals surface area contributed by atoms with Crippen molar-refractivity contribution in [1.82, 2.24) is 0 Å². The molecule has 0 spiro atoms. The van der Waals surface area contributed by atoms with Crippen molar-refractivity contribution in [3.63, 3.8) is 0 Å². The lowest BCUT2D eigenvalue weighted by molar-refractivity contribution is -0.166. The number of unbranched alkanes of at least 4 members (excludes halogenated alkanes) is 15. The third kappa shape index (κ3) is 59.8. The van der Waals surface area contributed by atoms with Gasteiger partial charge >= 0.3 is 17.9 Å². The SMILES string of the molecule is CC/C=C\C/C=C\C/C=C\C/C=C\C/C=C\C/C=C\C/C=C\CCCC(=O)OCC(COC(=O)CCCCCCCCCCCCCCCCC)OC(=O)CC/C=C\C/C=C\C/C=C\C/C=C\C/C=C\C/C=C\CC. The van der Waals surface area contributed by atoms with Crippen molar-refractivity contribution in [3.8, 4) is 0 Å². The highest BCUT2D eigenvalue weighted by atomic mass is 16.6. The highest BCUT2D eigenvalue weighted by molar-refractivity contribution is 5.71. The molecule has 75 heavy (non-hydrogen) atoms. The topological polar surface area (TPSA) is 78.9 Å². The van der Waals surface area contributed by atoms with Crippen LogP contribution in [0.3, 0.4) is 0 Å². The van der Waals surface area contributed by atoms with Crippen LogP contribution in [-0.4, -0.2) is 37.2 Å². The Morgan fingerprint density at radius 1 is 0.280 bits per heavy atom. The standard InChI is InChI=1S/C69H108O6/c1-4-7-10-13-16-19-22-25-28-30-32-33-34-35-37-38-41-44-47-50-53-56-59-62-68(71)74-65-66(64-73-67(70)61-58-55-52-49-46-43-40-27-24-21-18-15-12-9-6-3)75-69(72)63-60-57-54-51-48-45-42-39-36-31-29-26-23-20-17-14-11-8-5-2/h7-8,10-11,16-17,19-20,25-26,28-29,32-33,35-37,39,41,44-45,48,50,53-54,57,66H,4-6,9,12-15,18,21-24,27,30-31,34,38,40,42-43,46-47,49,51-52,55-56,58-65H2,1-3H3/b10-7-,11-8-,19-16-,20-17-,28-25-,29-26-,33-32-,37-35-,39-36-,44-41-,48-45-,53-50-,57-54-. The molecule has 0 aromatic carbocycles. The summed E-state index contributed by atoms with van der Waals surface area (Å²) in [5.74, 6) is -1.08. The first kappa shape index (κ1) is 70.0. The Balaban J connectivity index is 4.61. The monoisotopic (exact) mass is 1030 g/mol. The molecule has 0 heterocycles. The Labute approximate surface area is 460 Å². The van der Waals surface area contributed by atoms with Crippen LogP contribution in [0.1, 0.15) is 239 Å². The van der Waals surface area contributed by atoms with Gasteiger partial charge in [-0.15, -0.1) is 0 Å². The minimum atomic E-state index is -0.849. The Morgan fingerprint density at radius 2 is 0.547 bits per heavy atom. The van der Waals surface area contributed by atoms with Gasteiger partial charge in [-0.3, -0.25) is 14.4 Å². The normalized spacial score (nSPS) is 13.3. The summed E-state index contributed by atoms with van der Waals surface area (Å²) in [5.41, 5.74) is 0. The van der Waals surface area contributed by atoms with Crippen molar-refractivity contribution < 1.29 is 28.6 Å². The van der Waals surface area contributed by atoms with E-state index in [9.17, 15) is 14.4 Å². The molecule has 0 aromatic rings. The van der Waals surface area contributed by atoms with Crippen molar-refractivity contribution >= 4 is 17.9 Å². The van der Waals surface area contributed by atoms with Crippen LogP contribution in [0.5, 0.6) is 0 Å². The zero-order valence-corrected chi connectivity index (χ0v) is 48.0. The molecule has 1 atom stereocenters. The molecule has 6 nitrogen and oxygen atoms in total. The van der Waals surface area contributed by atoms with E-state index in [1.165, 1.54) is 77.0 Å². The summed E-state index contributed by atoms with van der Waals surface area (Å²) in [6.45, 7) is 6.30. The van der Waals surface area contributed by atoms with E-state index in [2.05, 4.69) is 167 Å². The predicted octanol–water partition coefficient (Wildman–Crippen LogP) is 20.5. The summed E-state index contributed by atoms with van der Waals surface area (Å²) < 4.78 is 16.8. The third-order valence-electron chi connectivity index (χ3n) is 12.0. The second-order valence-corrected chi connectivity index (χ2v) is 19.1. The highest BCUT2D eigenvalue weighted by Crippen LogP contribution is 2.15. The molecule has 0 aliphatic heterocycles. The molecule has 0 aliphatic rings. The van der Waals surface area contributed by atoms with Crippen molar-refractivity contribution in [3.05, 3.63) is 158 Å². The Bertz CT molecular complexity index is 1710. The average molecular weight is 1030 g/mol. The van der Waals surface area contributed by atoms with Crippen molar-refractivity contribution in [2.75, 3.05) is 13.2 Å². The van der Waals surface area contributed by atoms with Gasteiger partial charge in [-0.25, -0.2) is 0 Å². The van der Waals surface area contributed by atoms with Gasteiger partial charge in [-0.2, -0.15) is 0 Å². The first-order chi connectivity index (χ1) is 37.0. The van der Waals surface area contributed by atoms with Gasteiger partial charge in [0.2, 0.25) is 0 Å². The summed E-state index contributed by atoms with van der Waals surface area (Å²) in [6, 6.07) is 0. The maximum Gasteiger partial charge on any atom is 0.306 e. The molecule has 0 fully saturated rings.